The summed E-state index contributed by atoms with van der Waals surface area (Å²) in [5.74, 6) is 0.418. The lowest BCUT2D eigenvalue weighted by Gasteiger charge is -2.25. The predicted octanol–water partition coefficient (Wildman–Crippen LogP) is 4.03. The smallest absolute Gasteiger partial charge is 0.197 e. The predicted molar refractivity (Wildman–Crippen MR) is 119 cm³/mol. The van der Waals surface area contributed by atoms with Gasteiger partial charge in [0.2, 0.25) is 0 Å². The van der Waals surface area contributed by atoms with Crippen molar-refractivity contribution in [2.75, 3.05) is 27.3 Å². The zero-order chi connectivity index (χ0) is 20.7. The molecule has 8 heteroatoms. The van der Waals surface area contributed by atoms with Gasteiger partial charge in [-0.15, -0.1) is 12.4 Å². The van der Waals surface area contributed by atoms with Gasteiger partial charge in [-0.1, -0.05) is 23.7 Å². The Kier molecular flexibility index (Phi) is 6.62. The number of phenols is 1. The molecule has 0 unspecified atom stereocenters. The molecule has 0 amide bonds. The topological polar surface area (TPSA) is 83.1 Å². The third-order valence-corrected chi connectivity index (χ3v) is 6.05. The van der Waals surface area contributed by atoms with Gasteiger partial charge in [-0.2, -0.15) is 0 Å². The second-order valence-corrected chi connectivity index (χ2v) is 7.70. The zero-order valence-corrected chi connectivity index (χ0v) is 18.2. The first-order valence-electron chi connectivity index (χ1n) is 9.40. The Bertz CT molecular complexity index is 1130. The molecule has 0 spiro atoms. The first kappa shape index (κ1) is 22.4. The Hall–Kier alpha value is -2.25. The monoisotopic (exact) mass is 451 g/mol. The van der Waals surface area contributed by atoms with Gasteiger partial charge in [0.25, 0.3) is 0 Å². The second kappa shape index (κ2) is 8.86. The molecule has 0 radical (unpaired) electrons. The van der Waals surface area contributed by atoms with Crippen LogP contribution in [0.5, 0.6) is 11.5 Å². The summed E-state index contributed by atoms with van der Waals surface area (Å²) in [5.41, 5.74) is 1.16. The molecule has 1 saturated heterocycles. The van der Waals surface area contributed by atoms with Crippen molar-refractivity contribution in [3.8, 4) is 22.8 Å². The largest absolute Gasteiger partial charge is 0.507 e. The van der Waals surface area contributed by atoms with Crippen LogP contribution in [0.1, 0.15) is 17.9 Å². The lowest BCUT2D eigenvalue weighted by Crippen LogP contribution is -2.32. The highest BCUT2D eigenvalue weighted by molar-refractivity contribution is 6.33. The van der Waals surface area contributed by atoms with Crippen LogP contribution in [0.15, 0.2) is 45.6 Å². The molecule has 4 rings (SSSR count). The van der Waals surface area contributed by atoms with Crippen molar-refractivity contribution in [1.82, 2.24) is 4.90 Å². The molecule has 0 bridgehead atoms. The normalized spacial score (nSPS) is 19.1. The molecule has 0 aliphatic carbocycles. The molecular weight excluding hydrogens is 429 g/mol. The molecule has 2 aromatic carbocycles. The molecular formula is C22H23Cl2NO5. The SMILES string of the molecule is COc1cc(O)c2c(=O)cc(-c3ccccc3Cl)oc2c1[C@H]1CCN(C)[C@@H]1CO.Cl. The van der Waals surface area contributed by atoms with E-state index in [-0.39, 0.29) is 53.1 Å². The Morgan fingerprint density at radius 2 is 2.03 bits per heavy atom. The summed E-state index contributed by atoms with van der Waals surface area (Å²) in [5, 5.41) is 21.0. The number of benzene rings is 2. The van der Waals surface area contributed by atoms with Crippen molar-refractivity contribution in [1.29, 1.82) is 0 Å². The molecule has 2 atom stereocenters. The molecule has 160 valence electrons. The first-order valence-corrected chi connectivity index (χ1v) is 9.77. The lowest BCUT2D eigenvalue weighted by molar-refractivity contribution is 0.171. The van der Waals surface area contributed by atoms with E-state index in [0.29, 0.717) is 27.7 Å². The third kappa shape index (κ3) is 3.65. The van der Waals surface area contributed by atoms with Crippen LogP contribution < -0.4 is 10.2 Å². The molecule has 0 saturated carbocycles. The van der Waals surface area contributed by atoms with Gasteiger partial charge in [0.1, 0.15) is 28.2 Å². The van der Waals surface area contributed by atoms with E-state index in [4.69, 9.17) is 20.8 Å². The molecule has 1 aromatic heterocycles. The van der Waals surface area contributed by atoms with Crippen LogP contribution in [-0.4, -0.2) is 48.5 Å². The minimum atomic E-state index is -0.366. The van der Waals surface area contributed by atoms with Gasteiger partial charge in [-0.3, -0.25) is 4.79 Å². The summed E-state index contributed by atoms with van der Waals surface area (Å²) in [6.07, 6.45) is 0.762. The number of likely N-dealkylation sites (N-methyl/N-ethyl adjacent to an activating group) is 1. The molecule has 1 aliphatic rings. The maximum Gasteiger partial charge on any atom is 0.197 e. The van der Waals surface area contributed by atoms with E-state index in [2.05, 4.69) is 4.90 Å². The van der Waals surface area contributed by atoms with Crippen LogP contribution in [0.4, 0.5) is 0 Å². The molecule has 1 aliphatic heterocycles. The van der Waals surface area contributed by atoms with E-state index in [0.717, 1.165) is 13.0 Å². The van der Waals surface area contributed by atoms with Crippen LogP contribution >= 0.6 is 24.0 Å². The van der Waals surface area contributed by atoms with E-state index in [1.165, 1.54) is 19.2 Å². The maximum atomic E-state index is 12.9. The number of hydrogen-bond donors (Lipinski definition) is 2. The van der Waals surface area contributed by atoms with Gasteiger partial charge >= 0.3 is 0 Å². The van der Waals surface area contributed by atoms with E-state index in [1.807, 2.05) is 13.1 Å². The highest BCUT2D eigenvalue weighted by Gasteiger charge is 2.37. The molecule has 2 heterocycles. The number of likely N-dealkylation sites (tertiary alicyclic amines) is 1. The van der Waals surface area contributed by atoms with Gasteiger partial charge in [-0.25, -0.2) is 0 Å². The number of aliphatic hydroxyl groups is 1. The fourth-order valence-corrected chi connectivity index (χ4v) is 4.47. The van der Waals surface area contributed by atoms with E-state index in [9.17, 15) is 15.0 Å². The zero-order valence-electron chi connectivity index (χ0n) is 16.6. The number of fused-ring (bicyclic) bond motifs is 1. The van der Waals surface area contributed by atoms with Gasteiger partial charge in [0.15, 0.2) is 5.43 Å². The summed E-state index contributed by atoms with van der Waals surface area (Å²) in [6.45, 7) is 0.747. The standard InChI is InChI=1S/C22H22ClNO5.ClH/c1-24-8-7-13(15(24)11-25)20-19(28-2)10-17(27)21-16(26)9-18(29-22(20)21)12-5-3-4-6-14(12)23;/h3-6,9-10,13,15,25,27H,7-8,11H2,1-2H3;1H/t13-,15+;/m0./s1. The Balaban J connectivity index is 0.00000256. The Labute approximate surface area is 185 Å². The van der Waals surface area contributed by atoms with E-state index in [1.54, 1.807) is 18.2 Å². The Morgan fingerprint density at radius 1 is 1.30 bits per heavy atom. The number of phenolic OH excluding ortho intramolecular Hbond substituents is 1. The van der Waals surface area contributed by atoms with Crippen molar-refractivity contribution >= 4 is 35.0 Å². The number of halogens is 2. The van der Waals surface area contributed by atoms with E-state index >= 15 is 0 Å². The fraction of sp³-hybridized carbons (Fsp3) is 0.318. The second-order valence-electron chi connectivity index (χ2n) is 7.30. The van der Waals surface area contributed by atoms with Gasteiger partial charge in [0.05, 0.1) is 18.7 Å². The quantitative estimate of drug-likeness (QED) is 0.622. The molecule has 1 fully saturated rings. The van der Waals surface area contributed by atoms with Crippen LogP contribution in [0.25, 0.3) is 22.3 Å². The number of methoxy groups -OCH3 is 1. The van der Waals surface area contributed by atoms with Crippen molar-refractivity contribution in [2.24, 2.45) is 0 Å². The minimum Gasteiger partial charge on any atom is -0.507 e. The lowest BCUT2D eigenvalue weighted by atomic mass is 9.89. The molecule has 3 aromatic rings. The van der Waals surface area contributed by atoms with E-state index < -0.39 is 0 Å². The summed E-state index contributed by atoms with van der Waals surface area (Å²) in [4.78, 5) is 15.0. The van der Waals surface area contributed by atoms with Crippen molar-refractivity contribution in [2.45, 2.75) is 18.4 Å². The number of hydrogen-bond acceptors (Lipinski definition) is 6. The highest BCUT2D eigenvalue weighted by atomic mass is 35.5. The number of ether oxygens (including phenoxy) is 1. The summed E-state index contributed by atoms with van der Waals surface area (Å²) < 4.78 is 11.7. The van der Waals surface area contributed by atoms with Crippen molar-refractivity contribution in [3.63, 3.8) is 0 Å². The van der Waals surface area contributed by atoms with Crippen LogP contribution in [0.2, 0.25) is 5.02 Å². The van der Waals surface area contributed by atoms with Crippen LogP contribution in [0.3, 0.4) is 0 Å². The number of nitrogens with zero attached hydrogens (tertiary/aromatic N) is 1. The fourth-order valence-electron chi connectivity index (χ4n) is 4.24. The number of aliphatic hydroxyl groups excluding tert-OH is 1. The van der Waals surface area contributed by atoms with Crippen molar-refractivity contribution in [3.05, 3.63) is 57.2 Å². The first-order chi connectivity index (χ1) is 14.0. The molecule has 30 heavy (non-hydrogen) atoms. The van der Waals surface area contributed by atoms with Crippen LogP contribution in [0, 0.1) is 0 Å². The maximum absolute atomic E-state index is 12.9. The summed E-state index contributed by atoms with van der Waals surface area (Å²) in [7, 11) is 3.45. The summed E-state index contributed by atoms with van der Waals surface area (Å²) in [6, 6.07) is 9.73. The number of aromatic hydroxyl groups is 1. The highest BCUT2D eigenvalue weighted by Crippen LogP contribution is 2.44. The average Bonchev–Trinajstić information content (AvgIpc) is 3.07. The third-order valence-electron chi connectivity index (χ3n) is 5.72. The van der Waals surface area contributed by atoms with Gasteiger partial charge in [-0.05, 0) is 32.1 Å². The Morgan fingerprint density at radius 3 is 2.70 bits per heavy atom. The number of rotatable bonds is 4. The molecule has 2 N–H and O–H groups in total. The van der Waals surface area contributed by atoms with Gasteiger partial charge < -0.3 is 24.3 Å². The average molecular weight is 452 g/mol. The minimum absolute atomic E-state index is 0. The molecule has 6 nitrogen and oxygen atoms in total. The van der Waals surface area contributed by atoms with Gasteiger partial charge in [0, 0.05) is 35.2 Å². The summed E-state index contributed by atoms with van der Waals surface area (Å²) >= 11 is 6.31. The van der Waals surface area contributed by atoms with Crippen molar-refractivity contribution < 1.29 is 19.4 Å². The van der Waals surface area contributed by atoms with Crippen LogP contribution in [-0.2, 0) is 0 Å².